The van der Waals surface area contributed by atoms with Gasteiger partial charge in [-0.3, -0.25) is 0 Å². The number of methoxy groups -OCH3 is 1. The molecule has 0 fully saturated rings. The van der Waals surface area contributed by atoms with Crippen molar-refractivity contribution in [1.82, 2.24) is 4.98 Å². The van der Waals surface area contributed by atoms with E-state index in [9.17, 15) is 4.79 Å². The monoisotopic (exact) mass is 325 g/mol. The van der Waals surface area contributed by atoms with Crippen LogP contribution < -0.4 is 15.4 Å². The number of thiazole rings is 1. The van der Waals surface area contributed by atoms with Gasteiger partial charge in [0.05, 0.1) is 17.7 Å². The van der Waals surface area contributed by atoms with Gasteiger partial charge in [-0.1, -0.05) is 41.7 Å². The van der Waals surface area contributed by atoms with Crippen LogP contribution in [0, 0.1) is 0 Å². The number of anilines is 2. The highest BCUT2D eigenvalue weighted by Gasteiger charge is 2.19. The maximum atomic E-state index is 11.9. The molecule has 0 saturated heterocycles. The summed E-state index contributed by atoms with van der Waals surface area (Å²) in [5.74, 6) is 0.710. The van der Waals surface area contributed by atoms with Crippen molar-refractivity contribution in [3.63, 3.8) is 0 Å². The topological polar surface area (TPSA) is 68.5 Å². The summed E-state index contributed by atoms with van der Waals surface area (Å²) in [5.41, 5.74) is 7.24. The highest BCUT2D eigenvalue weighted by atomic mass is 32.1. The van der Waals surface area contributed by atoms with E-state index in [2.05, 4.69) is 4.98 Å². The summed E-state index contributed by atoms with van der Waals surface area (Å²) in [5, 5.41) is 0.529. The third kappa shape index (κ3) is 3.17. The Morgan fingerprint density at radius 3 is 2.43 bits per heavy atom. The minimum atomic E-state index is -0.580. The molecule has 0 unspecified atom stereocenters. The van der Waals surface area contributed by atoms with Crippen molar-refractivity contribution in [3.05, 3.63) is 60.8 Å². The molecule has 0 saturated carbocycles. The van der Waals surface area contributed by atoms with Crippen molar-refractivity contribution in [1.29, 1.82) is 0 Å². The molecule has 0 radical (unpaired) electrons. The van der Waals surface area contributed by atoms with Crippen molar-refractivity contribution in [2.24, 2.45) is 5.73 Å². The maximum absolute atomic E-state index is 11.9. The van der Waals surface area contributed by atoms with E-state index in [1.54, 1.807) is 37.6 Å². The van der Waals surface area contributed by atoms with Crippen molar-refractivity contribution >= 4 is 28.2 Å². The molecule has 0 aliphatic rings. The number of carbonyl (C=O) groups excluding carboxylic acids is 1. The lowest BCUT2D eigenvalue weighted by Gasteiger charge is -2.17. The number of rotatable bonds is 4. The molecule has 116 valence electrons. The third-order valence-corrected chi connectivity index (χ3v) is 4.33. The van der Waals surface area contributed by atoms with E-state index in [4.69, 9.17) is 10.5 Å². The zero-order valence-corrected chi connectivity index (χ0v) is 13.3. The van der Waals surface area contributed by atoms with Gasteiger partial charge in [0.15, 0.2) is 5.13 Å². The number of primary amides is 1. The second-order valence-electron chi connectivity index (χ2n) is 4.74. The Balaban J connectivity index is 1.95. The van der Waals surface area contributed by atoms with Crippen LogP contribution in [0.4, 0.5) is 15.6 Å². The lowest BCUT2D eigenvalue weighted by molar-refractivity contribution is 0.256. The summed E-state index contributed by atoms with van der Waals surface area (Å²) in [4.78, 5) is 18.6. The maximum Gasteiger partial charge on any atom is 0.325 e. The van der Waals surface area contributed by atoms with Gasteiger partial charge in [-0.25, -0.2) is 14.7 Å². The van der Waals surface area contributed by atoms with Crippen LogP contribution in [-0.2, 0) is 0 Å². The quantitative estimate of drug-likeness (QED) is 0.787. The number of aromatic nitrogens is 1. The van der Waals surface area contributed by atoms with Gasteiger partial charge < -0.3 is 10.5 Å². The zero-order valence-electron chi connectivity index (χ0n) is 12.5. The second kappa shape index (κ2) is 6.50. The number of carbonyl (C=O) groups is 1. The number of nitrogens with two attached hydrogens (primary N) is 1. The fourth-order valence-corrected chi connectivity index (χ4v) is 3.12. The van der Waals surface area contributed by atoms with Gasteiger partial charge in [0.1, 0.15) is 5.75 Å². The molecule has 0 aliphatic heterocycles. The van der Waals surface area contributed by atoms with Gasteiger partial charge >= 0.3 is 6.03 Å². The molecule has 1 aromatic heterocycles. The summed E-state index contributed by atoms with van der Waals surface area (Å²) in [6, 6.07) is 16.4. The lowest BCUT2D eigenvalue weighted by atomic mass is 10.2. The predicted molar refractivity (Wildman–Crippen MR) is 92.3 cm³/mol. The Bertz CT molecular complexity index is 800. The van der Waals surface area contributed by atoms with E-state index < -0.39 is 6.03 Å². The average Bonchev–Trinajstić information content (AvgIpc) is 3.06. The first-order valence-corrected chi connectivity index (χ1v) is 7.75. The van der Waals surface area contributed by atoms with Crippen LogP contribution >= 0.6 is 11.3 Å². The highest BCUT2D eigenvalue weighted by molar-refractivity contribution is 7.19. The fourth-order valence-electron chi connectivity index (χ4n) is 2.17. The normalized spacial score (nSPS) is 10.3. The molecule has 3 rings (SSSR count). The van der Waals surface area contributed by atoms with Crippen LogP contribution in [-0.4, -0.2) is 18.1 Å². The standard InChI is InChI=1S/C17H15N3O2S/c1-22-14-9-7-13(8-10-14)20(16(18)21)17-19-11-15(23-17)12-5-3-2-4-6-12/h2-11H,1H3,(H2,18,21). The van der Waals surface area contributed by atoms with Gasteiger partial charge in [-0.2, -0.15) is 0 Å². The molecule has 5 nitrogen and oxygen atoms in total. The Hall–Kier alpha value is -2.86. The Morgan fingerprint density at radius 2 is 1.83 bits per heavy atom. The number of hydrogen-bond acceptors (Lipinski definition) is 4. The highest BCUT2D eigenvalue weighted by Crippen LogP contribution is 2.34. The van der Waals surface area contributed by atoms with E-state index in [-0.39, 0.29) is 0 Å². The van der Waals surface area contributed by atoms with Crippen molar-refractivity contribution in [2.75, 3.05) is 12.0 Å². The van der Waals surface area contributed by atoms with Crippen LogP contribution in [0.25, 0.3) is 10.4 Å². The first-order valence-electron chi connectivity index (χ1n) is 6.94. The van der Waals surface area contributed by atoms with Crippen LogP contribution in [0.15, 0.2) is 60.8 Å². The number of amides is 2. The van der Waals surface area contributed by atoms with Crippen molar-refractivity contribution in [2.45, 2.75) is 0 Å². The molecule has 0 spiro atoms. The average molecular weight is 325 g/mol. The van der Waals surface area contributed by atoms with E-state index in [1.807, 2.05) is 30.3 Å². The predicted octanol–water partition coefficient (Wildman–Crippen LogP) is 4.04. The summed E-state index contributed by atoms with van der Waals surface area (Å²) < 4.78 is 5.13. The number of nitrogens with zero attached hydrogens (tertiary/aromatic N) is 2. The van der Waals surface area contributed by atoms with Gasteiger partial charge in [-0.15, -0.1) is 0 Å². The summed E-state index contributed by atoms with van der Waals surface area (Å²) in [7, 11) is 1.59. The van der Waals surface area contributed by atoms with Crippen LogP contribution in [0.5, 0.6) is 5.75 Å². The van der Waals surface area contributed by atoms with Crippen molar-refractivity contribution < 1.29 is 9.53 Å². The fraction of sp³-hybridized carbons (Fsp3) is 0.0588. The SMILES string of the molecule is COc1ccc(N(C(N)=O)c2ncc(-c3ccccc3)s2)cc1. The summed E-state index contributed by atoms with van der Waals surface area (Å²) in [6.45, 7) is 0. The Labute approximate surface area is 138 Å². The number of ether oxygens (including phenoxy) is 1. The number of urea groups is 1. The molecule has 2 amide bonds. The largest absolute Gasteiger partial charge is 0.497 e. The molecule has 23 heavy (non-hydrogen) atoms. The first-order chi connectivity index (χ1) is 11.2. The van der Waals surface area contributed by atoms with Crippen molar-refractivity contribution in [3.8, 4) is 16.2 Å². The molecule has 2 N–H and O–H groups in total. The smallest absolute Gasteiger partial charge is 0.325 e. The third-order valence-electron chi connectivity index (χ3n) is 3.29. The molecule has 1 heterocycles. The van der Waals surface area contributed by atoms with Gasteiger partial charge in [0, 0.05) is 6.20 Å². The van der Waals surface area contributed by atoms with Crippen LogP contribution in [0.1, 0.15) is 0 Å². The molecular weight excluding hydrogens is 310 g/mol. The van der Waals surface area contributed by atoms with E-state index in [0.717, 1.165) is 10.4 Å². The molecule has 0 atom stereocenters. The molecule has 3 aromatic rings. The zero-order chi connectivity index (χ0) is 16.2. The van der Waals surface area contributed by atoms with Gasteiger partial charge in [-0.05, 0) is 29.8 Å². The summed E-state index contributed by atoms with van der Waals surface area (Å²) >= 11 is 1.41. The van der Waals surface area contributed by atoms with Crippen LogP contribution in [0.3, 0.4) is 0 Å². The summed E-state index contributed by atoms with van der Waals surface area (Å²) in [6.07, 6.45) is 1.74. The minimum Gasteiger partial charge on any atom is -0.497 e. The number of benzene rings is 2. The van der Waals surface area contributed by atoms with Gasteiger partial charge in [0.2, 0.25) is 0 Å². The van der Waals surface area contributed by atoms with Gasteiger partial charge in [0.25, 0.3) is 0 Å². The molecule has 6 heteroatoms. The van der Waals surface area contributed by atoms with E-state index >= 15 is 0 Å². The van der Waals surface area contributed by atoms with Crippen LogP contribution in [0.2, 0.25) is 0 Å². The molecule has 0 bridgehead atoms. The molecule has 2 aromatic carbocycles. The first kappa shape index (κ1) is 15.1. The Morgan fingerprint density at radius 1 is 1.13 bits per heavy atom. The Kier molecular flexibility index (Phi) is 4.25. The second-order valence-corrected chi connectivity index (χ2v) is 5.75. The number of hydrogen-bond donors (Lipinski definition) is 1. The van der Waals surface area contributed by atoms with E-state index in [1.165, 1.54) is 16.2 Å². The van der Waals surface area contributed by atoms with E-state index in [0.29, 0.717) is 16.6 Å². The lowest BCUT2D eigenvalue weighted by Crippen LogP contribution is -2.31. The molecule has 0 aliphatic carbocycles. The molecular formula is C17H15N3O2S. The minimum absolute atomic E-state index is 0.529.